The minimum Gasteiger partial charge on any atom is -0.283 e. The molecule has 0 fully saturated rings. The third-order valence-electron chi connectivity index (χ3n) is 2.05. The molecule has 29 heavy (non-hydrogen) atoms. The molecule has 0 saturated heterocycles. The van der Waals surface area contributed by atoms with E-state index in [1.165, 1.54) is 0 Å². The maximum atomic E-state index is 8.46. The van der Waals surface area contributed by atoms with Crippen LogP contribution in [0.4, 0.5) is 0 Å². The van der Waals surface area contributed by atoms with Crippen LogP contribution in [0.1, 0.15) is 81.1 Å². The van der Waals surface area contributed by atoms with Crippen LogP contribution in [-0.2, 0) is 0 Å². The number of ketones is 8. The molecule has 0 aliphatic rings. The first kappa shape index (κ1) is 38.3. The van der Waals surface area contributed by atoms with Crippen LogP contribution in [-0.4, -0.2) is 84.6 Å². The largest absolute Gasteiger partial charge is 0.302 e. The summed E-state index contributed by atoms with van der Waals surface area (Å²) in [6, 6.07) is 0. The molecule has 0 amide bonds. The van der Waals surface area contributed by atoms with Gasteiger partial charge in [0.1, 0.15) is 0 Å². The summed E-state index contributed by atoms with van der Waals surface area (Å²) >= 11 is 0. The van der Waals surface area contributed by atoms with E-state index in [9.17, 15) is 0 Å². The van der Waals surface area contributed by atoms with Crippen molar-refractivity contribution >= 4 is 46.3 Å². The van der Waals surface area contributed by atoms with Crippen molar-refractivity contribution in [1.82, 2.24) is 0 Å². The zero-order valence-electron chi connectivity index (χ0n) is 18.9. The Labute approximate surface area is 204 Å². The van der Waals surface area contributed by atoms with Crippen molar-refractivity contribution < 1.29 is 78.3 Å². The van der Waals surface area contributed by atoms with Gasteiger partial charge in [0.05, 0.1) is 0 Å². The molecule has 0 bridgehead atoms. The Morgan fingerprint density at radius 1 is 0.310 bits per heavy atom. The van der Waals surface area contributed by atoms with Crippen molar-refractivity contribution in [1.29, 1.82) is 0 Å². The summed E-state index contributed by atoms with van der Waals surface area (Å²) in [5, 5.41) is 0. The molecule has 0 rings (SSSR count). The van der Waals surface area contributed by atoms with Gasteiger partial charge in [0.25, 0.3) is 0 Å². The summed E-state index contributed by atoms with van der Waals surface area (Å²) < 4.78 is 0. The van der Waals surface area contributed by atoms with Crippen molar-refractivity contribution in [2.45, 2.75) is 81.1 Å². The van der Waals surface area contributed by atoms with Crippen LogP contribution in [0.5, 0.6) is 0 Å². The zero-order valence-corrected chi connectivity index (χ0v) is 23.0. The van der Waals surface area contributed by atoms with Gasteiger partial charge in [-0.3, -0.25) is 38.4 Å². The molecular formula is C20H40O8Th+8. The molecule has 8 N–H and O–H groups in total. The molecule has 0 aliphatic carbocycles. The Hall–Kier alpha value is -1.32. The molecule has 0 saturated carbocycles. The van der Waals surface area contributed by atoms with Gasteiger partial charge in [-0.2, -0.15) is 0 Å². The van der Waals surface area contributed by atoms with Crippen molar-refractivity contribution in [2.75, 3.05) is 0 Å². The zero-order chi connectivity index (χ0) is 23.4. The molecular weight excluding hydrogens is 600 g/mol. The van der Waals surface area contributed by atoms with Crippen LogP contribution < -0.4 is 0 Å². The van der Waals surface area contributed by atoms with Gasteiger partial charge in [-0.15, -0.1) is 0 Å². The second kappa shape index (κ2) is 24.7. The number of carbonyl (C=O) groups excluding carboxylic acids is 8. The molecule has 0 unspecified atom stereocenters. The van der Waals surface area contributed by atoms with E-state index in [0.29, 0.717) is 25.7 Å². The Kier molecular flexibility index (Phi) is 32.7. The number of rotatable bonds is 8. The maximum absolute atomic E-state index is 8.46. The van der Waals surface area contributed by atoms with E-state index in [0.717, 1.165) is 0 Å². The monoisotopic (exact) mass is 640 g/mol. The molecule has 0 atom stereocenters. The van der Waals surface area contributed by atoms with E-state index >= 15 is 0 Å². The molecule has 164 valence electrons. The summed E-state index contributed by atoms with van der Waals surface area (Å²) in [5.41, 5.74) is 0. The van der Waals surface area contributed by atoms with E-state index in [1.807, 2.05) is 0 Å². The molecule has 8 nitrogen and oxygen atoms in total. The molecule has 0 aromatic carbocycles. The Morgan fingerprint density at radius 3 is 0.379 bits per heavy atom. The predicted molar refractivity (Wildman–Crippen MR) is 119 cm³/mol. The summed E-state index contributed by atoms with van der Waals surface area (Å²) in [4.78, 5) is 67.7. The summed E-state index contributed by atoms with van der Waals surface area (Å²) in [6.45, 7) is 12.4. The molecule has 0 radical (unpaired) electrons. The second-order valence-electron chi connectivity index (χ2n) is 6.59. The summed E-state index contributed by atoms with van der Waals surface area (Å²) in [6.07, 6.45) is 1.22. The van der Waals surface area contributed by atoms with Crippen molar-refractivity contribution in [3.8, 4) is 0 Å². The molecule has 9 heteroatoms. The van der Waals surface area contributed by atoms with E-state index in [2.05, 4.69) is 0 Å². The van der Waals surface area contributed by atoms with Crippen LogP contribution in [0.3, 0.4) is 0 Å². The van der Waals surface area contributed by atoms with Gasteiger partial charge >= 0.3 is 46.3 Å². The van der Waals surface area contributed by atoms with Crippen molar-refractivity contribution in [2.24, 2.45) is 0 Å². The summed E-state index contributed by atoms with van der Waals surface area (Å²) in [7, 11) is 0. The van der Waals surface area contributed by atoms with E-state index in [-0.39, 0.29) is 86.2 Å². The maximum Gasteiger partial charge on any atom is 0.302 e. The molecule has 0 aromatic rings. The normalized spacial score (nSPS) is 8.00. The minimum atomic E-state index is 0. The quantitative estimate of drug-likeness (QED) is 0.280. The van der Waals surface area contributed by atoms with Gasteiger partial charge in [-0.1, -0.05) is 0 Å². The van der Waals surface area contributed by atoms with Crippen LogP contribution >= 0.6 is 0 Å². The fourth-order valence-electron chi connectivity index (χ4n) is 1.48. The first-order valence-corrected chi connectivity index (χ1v) is 8.62. The van der Waals surface area contributed by atoms with Gasteiger partial charge in [-0.05, 0) is 0 Å². The van der Waals surface area contributed by atoms with Crippen molar-refractivity contribution in [3.05, 3.63) is 0 Å². The Morgan fingerprint density at radius 2 is 0.379 bits per heavy atom. The third-order valence-corrected chi connectivity index (χ3v) is 2.05. The van der Waals surface area contributed by atoms with Gasteiger partial charge in [0.15, 0.2) is 25.7 Å². The predicted octanol–water partition coefficient (Wildman–Crippen LogP) is 2.02. The van der Waals surface area contributed by atoms with Crippen LogP contribution in [0.15, 0.2) is 0 Å². The van der Waals surface area contributed by atoms with Crippen molar-refractivity contribution in [3.63, 3.8) is 0 Å². The Balaban J connectivity index is -0.0000000873. The summed E-state index contributed by atoms with van der Waals surface area (Å²) in [5.74, 6) is 2.00. The standard InChI is InChI=1S/4C5H8O2.Th/c4*1-4(6)3-5(2)7;/h4*3H2,1-2H3;/p+8. The van der Waals surface area contributed by atoms with Crippen LogP contribution in [0.2, 0.25) is 0 Å². The van der Waals surface area contributed by atoms with E-state index < -0.39 is 0 Å². The third kappa shape index (κ3) is 75.4. The van der Waals surface area contributed by atoms with Gasteiger partial charge < -0.3 is 0 Å². The molecule has 0 spiro atoms. The second-order valence-corrected chi connectivity index (χ2v) is 6.59. The molecule has 0 heterocycles. The van der Waals surface area contributed by atoms with Gasteiger partial charge in [-0.25, -0.2) is 0 Å². The average molecular weight is 641 g/mol. The van der Waals surface area contributed by atoms with E-state index in [4.69, 9.17) is 38.4 Å². The molecule has 0 aromatic heterocycles. The number of hydrogen-bond acceptors (Lipinski definition) is 0. The van der Waals surface area contributed by atoms with E-state index in [1.54, 1.807) is 55.4 Å². The fourth-order valence-corrected chi connectivity index (χ4v) is 1.48. The first-order chi connectivity index (χ1) is 12.5. The first-order valence-electron chi connectivity index (χ1n) is 8.62. The van der Waals surface area contributed by atoms with Crippen LogP contribution in [0.25, 0.3) is 0 Å². The van der Waals surface area contributed by atoms with Gasteiger partial charge in [0.2, 0.25) is 0 Å². The molecule has 0 aliphatic heterocycles. The minimum absolute atomic E-state index is 0. The average Bonchev–Trinajstić information content (AvgIpc) is 2.32. The smallest absolute Gasteiger partial charge is 0.283 e. The topological polar surface area (TPSA) is 171 Å². The Bertz CT molecular complexity index is 439. The van der Waals surface area contributed by atoms with Crippen LogP contribution in [0, 0.1) is 39.9 Å². The van der Waals surface area contributed by atoms with Gasteiger partial charge in [0, 0.05) is 95.3 Å². The fraction of sp³-hybridized carbons (Fsp3) is 0.600. The SMILES string of the molecule is CC(=[OH+])CC(C)=[OH+].CC(=[OH+])CC(C)=[OH+].CC(=[OH+])CC(C)=[OH+].CC(=[OH+])CC(C)=[OH+].[Th]. The number of hydrogen-bond donors (Lipinski definition) is 0.